The monoisotopic (exact) mass is 356 g/mol. The van der Waals surface area contributed by atoms with E-state index in [0.717, 1.165) is 28.7 Å². The van der Waals surface area contributed by atoms with Gasteiger partial charge in [0.25, 0.3) is 0 Å². The van der Waals surface area contributed by atoms with Crippen LogP contribution in [0.5, 0.6) is 0 Å². The molecule has 2 heterocycles. The van der Waals surface area contributed by atoms with Crippen molar-refractivity contribution in [1.29, 1.82) is 0 Å². The van der Waals surface area contributed by atoms with Crippen LogP contribution in [-0.4, -0.2) is 27.4 Å². The molecule has 0 bridgehead atoms. The van der Waals surface area contributed by atoms with Crippen molar-refractivity contribution in [2.24, 2.45) is 0 Å². The van der Waals surface area contributed by atoms with E-state index in [2.05, 4.69) is 11.1 Å². The van der Waals surface area contributed by atoms with E-state index in [1.165, 1.54) is 16.9 Å². The van der Waals surface area contributed by atoms with Crippen molar-refractivity contribution in [1.82, 2.24) is 4.98 Å². The molecule has 0 saturated heterocycles. The predicted molar refractivity (Wildman–Crippen MR) is 98.0 cm³/mol. The van der Waals surface area contributed by atoms with Crippen molar-refractivity contribution < 1.29 is 9.00 Å². The zero-order valence-electron chi connectivity index (χ0n) is 13.0. The Bertz CT molecular complexity index is 902. The largest absolute Gasteiger partial charge is 0.311 e. The van der Waals surface area contributed by atoms with Crippen molar-refractivity contribution in [2.75, 3.05) is 17.2 Å². The first-order valence-corrected chi connectivity index (χ1v) is 9.98. The number of carbonyl (C=O) groups excluding carboxylic acids is 1. The van der Waals surface area contributed by atoms with Gasteiger partial charge in [-0.1, -0.05) is 30.3 Å². The standard InChI is InChI=1S/C18H16N2O2S2/c21-17(20-11-5-7-13-6-1-3-9-15(13)20)12-24(22)18-19-14-8-2-4-10-16(14)23-18/h1-4,6,8-10H,5,7,11-12H2/t24-/m0/s1. The van der Waals surface area contributed by atoms with Crippen LogP contribution in [-0.2, 0) is 22.0 Å². The Balaban J connectivity index is 1.55. The summed E-state index contributed by atoms with van der Waals surface area (Å²) in [6.45, 7) is 0.687. The number of para-hydroxylation sites is 2. The van der Waals surface area contributed by atoms with Crippen LogP contribution in [0, 0.1) is 0 Å². The number of thiazole rings is 1. The van der Waals surface area contributed by atoms with Crippen molar-refractivity contribution in [2.45, 2.75) is 17.2 Å². The first-order chi connectivity index (χ1) is 11.7. The lowest BCUT2D eigenvalue weighted by molar-refractivity contribution is -0.116. The van der Waals surface area contributed by atoms with Gasteiger partial charge in [0, 0.05) is 12.2 Å². The van der Waals surface area contributed by atoms with Gasteiger partial charge in [-0.15, -0.1) is 11.3 Å². The number of anilines is 1. The molecular weight excluding hydrogens is 340 g/mol. The second-order valence-electron chi connectivity index (χ2n) is 5.71. The molecule has 24 heavy (non-hydrogen) atoms. The number of carbonyl (C=O) groups is 1. The van der Waals surface area contributed by atoms with Crippen molar-refractivity contribution >= 4 is 43.9 Å². The fourth-order valence-corrected chi connectivity index (χ4v) is 5.21. The zero-order valence-corrected chi connectivity index (χ0v) is 14.6. The molecule has 4 nitrogen and oxygen atoms in total. The van der Waals surface area contributed by atoms with Gasteiger partial charge in [-0.2, -0.15) is 0 Å². The lowest BCUT2D eigenvalue weighted by Gasteiger charge is -2.29. The molecule has 4 rings (SSSR count). The van der Waals surface area contributed by atoms with Crippen LogP contribution in [0.3, 0.4) is 0 Å². The van der Waals surface area contributed by atoms with Gasteiger partial charge in [-0.3, -0.25) is 9.00 Å². The van der Waals surface area contributed by atoms with E-state index in [1.807, 2.05) is 42.5 Å². The van der Waals surface area contributed by atoms with Crippen LogP contribution in [0.1, 0.15) is 12.0 Å². The number of fused-ring (bicyclic) bond motifs is 2. The molecule has 3 aromatic rings. The summed E-state index contributed by atoms with van der Waals surface area (Å²) < 4.78 is 14.1. The number of aryl methyl sites for hydroxylation is 1. The third-order valence-electron chi connectivity index (χ3n) is 4.13. The number of nitrogens with zero attached hydrogens (tertiary/aromatic N) is 2. The molecule has 1 amide bonds. The Morgan fingerprint density at radius 2 is 1.96 bits per heavy atom. The molecule has 1 aromatic heterocycles. The number of rotatable bonds is 3. The topological polar surface area (TPSA) is 50.3 Å². The molecule has 1 aliphatic heterocycles. The Kier molecular flexibility index (Phi) is 4.16. The molecule has 0 N–H and O–H groups in total. The van der Waals surface area contributed by atoms with Crippen LogP contribution < -0.4 is 4.90 Å². The maximum absolute atomic E-state index is 12.7. The maximum atomic E-state index is 12.7. The summed E-state index contributed by atoms with van der Waals surface area (Å²) in [7, 11) is -1.41. The Hall–Kier alpha value is -2.05. The minimum absolute atomic E-state index is 0.0197. The van der Waals surface area contributed by atoms with Crippen LogP contribution >= 0.6 is 11.3 Å². The number of amides is 1. The lowest BCUT2D eigenvalue weighted by Crippen LogP contribution is -2.38. The molecule has 1 aliphatic rings. The van der Waals surface area contributed by atoms with Crippen LogP contribution in [0.15, 0.2) is 52.9 Å². The van der Waals surface area contributed by atoms with Gasteiger partial charge in [0.2, 0.25) is 5.91 Å². The molecular formula is C18H16N2O2S2. The Labute approximate surface area is 146 Å². The highest BCUT2D eigenvalue weighted by Gasteiger charge is 2.24. The fraction of sp³-hybridized carbons (Fsp3) is 0.222. The van der Waals surface area contributed by atoms with Crippen LogP contribution in [0.25, 0.3) is 10.2 Å². The summed E-state index contributed by atoms with van der Waals surface area (Å²) in [4.78, 5) is 18.8. The summed E-state index contributed by atoms with van der Waals surface area (Å²) in [5, 5.41) is 0. The molecule has 2 aromatic carbocycles. The number of hydrogen-bond acceptors (Lipinski definition) is 4. The molecule has 0 saturated carbocycles. The van der Waals surface area contributed by atoms with Gasteiger partial charge in [0.05, 0.1) is 21.0 Å². The Morgan fingerprint density at radius 1 is 1.17 bits per heavy atom. The van der Waals surface area contributed by atoms with Gasteiger partial charge in [0.1, 0.15) is 5.75 Å². The maximum Gasteiger partial charge on any atom is 0.240 e. The normalized spacial score (nSPS) is 15.2. The molecule has 0 aliphatic carbocycles. The summed E-state index contributed by atoms with van der Waals surface area (Å²) in [6.07, 6.45) is 1.93. The van der Waals surface area contributed by atoms with E-state index in [4.69, 9.17) is 0 Å². The van der Waals surface area contributed by atoms with Crippen molar-refractivity contribution in [3.8, 4) is 0 Å². The van der Waals surface area contributed by atoms with E-state index in [1.54, 1.807) is 4.90 Å². The van der Waals surface area contributed by atoms with Crippen molar-refractivity contribution in [3.05, 3.63) is 54.1 Å². The quantitative estimate of drug-likeness (QED) is 0.723. The summed E-state index contributed by atoms with van der Waals surface area (Å²) >= 11 is 1.40. The number of aromatic nitrogens is 1. The summed E-state index contributed by atoms with van der Waals surface area (Å²) in [5.74, 6) is -0.117. The average molecular weight is 356 g/mol. The van der Waals surface area contributed by atoms with Gasteiger partial charge in [-0.05, 0) is 36.6 Å². The molecule has 0 spiro atoms. The first kappa shape index (κ1) is 15.5. The zero-order chi connectivity index (χ0) is 16.5. The van der Waals surface area contributed by atoms with E-state index in [-0.39, 0.29) is 11.7 Å². The minimum Gasteiger partial charge on any atom is -0.311 e. The average Bonchev–Trinajstić information content (AvgIpc) is 3.05. The summed E-state index contributed by atoms with van der Waals surface area (Å²) in [6, 6.07) is 15.6. The van der Waals surface area contributed by atoms with E-state index >= 15 is 0 Å². The molecule has 0 fully saturated rings. The van der Waals surface area contributed by atoms with E-state index < -0.39 is 10.8 Å². The van der Waals surface area contributed by atoms with Gasteiger partial charge >= 0.3 is 0 Å². The number of hydrogen-bond donors (Lipinski definition) is 0. The molecule has 6 heteroatoms. The minimum atomic E-state index is -1.41. The third kappa shape index (κ3) is 2.87. The second-order valence-corrected chi connectivity index (χ2v) is 8.37. The fourth-order valence-electron chi connectivity index (χ4n) is 2.99. The molecule has 0 unspecified atom stereocenters. The Morgan fingerprint density at radius 3 is 2.83 bits per heavy atom. The van der Waals surface area contributed by atoms with E-state index in [0.29, 0.717) is 10.9 Å². The van der Waals surface area contributed by atoms with Crippen molar-refractivity contribution in [3.63, 3.8) is 0 Å². The molecule has 122 valence electrons. The van der Waals surface area contributed by atoms with Crippen LogP contribution in [0.4, 0.5) is 5.69 Å². The van der Waals surface area contributed by atoms with Gasteiger partial charge in [-0.25, -0.2) is 4.98 Å². The SMILES string of the molecule is O=C(C[S@](=O)c1nc2ccccc2s1)N1CCCc2ccccc21. The first-order valence-electron chi connectivity index (χ1n) is 7.84. The summed E-state index contributed by atoms with van der Waals surface area (Å²) in [5.41, 5.74) is 2.97. The van der Waals surface area contributed by atoms with Gasteiger partial charge in [0.15, 0.2) is 4.34 Å². The highest BCUT2D eigenvalue weighted by molar-refractivity contribution is 7.88. The second kappa shape index (κ2) is 6.45. The smallest absolute Gasteiger partial charge is 0.240 e. The predicted octanol–water partition coefficient (Wildman–Crippen LogP) is 3.38. The van der Waals surface area contributed by atoms with Gasteiger partial charge < -0.3 is 4.90 Å². The van der Waals surface area contributed by atoms with E-state index in [9.17, 15) is 9.00 Å². The number of benzene rings is 2. The highest BCUT2D eigenvalue weighted by atomic mass is 32.2. The molecule has 0 radical (unpaired) electrons. The highest BCUT2D eigenvalue weighted by Crippen LogP contribution is 2.28. The van der Waals surface area contributed by atoms with Crippen LogP contribution in [0.2, 0.25) is 0 Å². The third-order valence-corrected chi connectivity index (χ3v) is 6.76. The lowest BCUT2D eigenvalue weighted by atomic mass is 10.0. The molecule has 1 atom stereocenters.